The minimum atomic E-state index is -0.195. The van der Waals surface area contributed by atoms with Crippen molar-refractivity contribution in [3.8, 4) is 11.4 Å². The number of thioether (sulfide) groups is 1. The van der Waals surface area contributed by atoms with E-state index in [1.54, 1.807) is 42.3 Å². The van der Waals surface area contributed by atoms with Crippen LogP contribution in [0.4, 0.5) is 11.4 Å². The maximum absolute atomic E-state index is 12.3. The predicted octanol–water partition coefficient (Wildman–Crippen LogP) is 2.97. The summed E-state index contributed by atoms with van der Waals surface area (Å²) in [5.74, 6) is 0.468. The summed E-state index contributed by atoms with van der Waals surface area (Å²) >= 11 is 1.26. The number of carbonyl (C=O) groups is 2. The Bertz CT molecular complexity index is 989. The van der Waals surface area contributed by atoms with E-state index in [0.717, 1.165) is 5.69 Å². The average Bonchev–Trinajstić information content (AvgIpc) is 3.14. The normalized spacial score (nSPS) is 10.4. The first kappa shape index (κ1) is 19.4. The van der Waals surface area contributed by atoms with Gasteiger partial charge in [-0.05, 0) is 30.3 Å². The fraction of sp³-hybridized carbons (Fsp3) is 0.158. The molecular weight excluding hydrogens is 378 g/mol. The predicted molar refractivity (Wildman–Crippen MR) is 108 cm³/mol. The van der Waals surface area contributed by atoms with Gasteiger partial charge in [0.1, 0.15) is 12.1 Å². The summed E-state index contributed by atoms with van der Waals surface area (Å²) in [7, 11) is 1.60. The first-order valence-electron chi connectivity index (χ1n) is 8.40. The fourth-order valence-corrected chi connectivity index (χ4v) is 3.24. The topological polar surface area (TPSA) is 98.1 Å². The molecule has 2 amide bonds. The zero-order valence-corrected chi connectivity index (χ0v) is 16.2. The van der Waals surface area contributed by atoms with Crippen LogP contribution in [-0.2, 0) is 9.59 Å². The van der Waals surface area contributed by atoms with E-state index in [4.69, 9.17) is 4.74 Å². The highest BCUT2D eigenvalue weighted by atomic mass is 32.2. The van der Waals surface area contributed by atoms with E-state index in [0.29, 0.717) is 22.3 Å². The quantitative estimate of drug-likeness (QED) is 0.595. The Hall–Kier alpha value is -3.33. The molecule has 144 valence electrons. The fourth-order valence-electron chi connectivity index (χ4n) is 2.52. The van der Waals surface area contributed by atoms with Gasteiger partial charge in [-0.1, -0.05) is 30.0 Å². The monoisotopic (exact) mass is 397 g/mol. The number of benzene rings is 2. The highest BCUT2D eigenvalue weighted by Gasteiger charge is 2.13. The molecule has 9 heteroatoms. The van der Waals surface area contributed by atoms with Gasteiger partial charge < -0.3 is 15.4 Å². The molecule has 8 nitrogen and oxygen atoms in total. The van der Waals surface area contributed by atoms with E-state index in [2.05, 4.69) is 20.8 Å². The van der Waals surface area contributed by atoms with Crippen molar-refractivity contribution < 1.29 is 14.3 Å². The third-order valence-corrected chi connectivity index (χ3v) is 4.60. The number of amides is 2. The number of para-hydroxylation sites is 2. The van der Waals surface area contributed by atoms with Crippen LogP contribution in [0.3, 0.4) is 0 Å². The molecule has 2 aromatic carbocycles. The molecule has 0 spiro atoms. The summed E-state index contributed by atoms with van der Waals surface area (Å²) in [5.41, 5.74) is 2.01. The van der Waals surface area contributed by atoms with Crippen LogP contribution < -0.4 is 15.4 Å². The molecule has 0 saturated heterocycles. The Morgan fingerprint density at radius 2 is 1.86 bits per heavy atom. The second-order valence-corrected chi connectivity index (χ2v) is 6.70. The molecule has 0 bridgehead atoms. The number of hydrogen-bond acceptors (Lipinski definition) is 6. The van der Waals surface area contributed by atoms with Gasteiger partial charge in [0.25, 0.3) is 0 Å². The third kappa shape index (κ3) is 4.89. The van der Waals surface area contributed by atoms with Gasteiger partial charge in [0, 0.05) is 18.3 Å². The van der Waals surface area contributed by atoms with Crippen molar-refractivity contribution in [3.05, 3.63) is 54.9 Å². The molecule has 0 aliphatic carbocycles. The summed E-state index contributed by atoms with van der Waals surface area (Å²) in [5, 5.41) is 14.1. The van der Waals surface area contributed by atoms with Crippen LogP contribution in [0.2, 0.25) is 0 Å². The molecule has 2 N–H and O–H groups in total. The molecule has 1 aromatic heterocycles. The van der Waals surface area contributed by atoms with Crippen molar-refractivity contribution in [1.29, 1.82) is 0 Å². The summed E-state index contributed by atoms with van der Waals surface area (Å²) in [4.78, 5) is 23.5. The summed E-state index contributed by atoms with van der Waals surface area (Å²) in [6.07, 6.45) is 1.58. The van der Waals surface area contributed by atoms with E-state index >= 15 is 0 Å². The summed E-state index contributed by atoms with van der Waals surface area (Å²) < 4.78 is 7.14. The van der Waals surface area contributed by atoms with Crippen LogP contribution in [0.15, 0.2) is 60.0 Å². The van der Waals surface area contributed by atoms with Crippen molar-refractivity contribution in [1.82, 2.24) is 14.8 Å². The number of aromatic nitrogens is 3. The van der Waals surface area contributed by atoms with Crippen molar-refractivity contribution in [2.75, 3.05) is 23.5 Å². The molecule has 0 atom stereocenters. The van der Waals surface area contributed by atoms with Gasteiger partial charge in [-0.3, -0.25) is 14.2 Å². The molecule has 0 aliphatic rings. The van der Waals surface area contributed by atoms with Gasteiger partial charge in [-0.15, -0.1) is 10.2 Å². The number of nitrogens with zero attached hydrogens (tertiary/aromatic N) is 3. The smallest absolute Gasteiger partial charge is 0.234 e. The minimum absolute atomic E-state index is 0.151. The van der Waals surface area contributed by atoms with Crippen molar-refractivity contribution in [2.45, 2.75) is 12.1 Å². The molecule has 1 heterocycles. The largest absolute Gasteiger partial charge is 0.495 e. The molecule has 3 rings (SSSR count). The van der Waals surface area contributed by atoms with Gasteiger partial charge in [0.2, 0.25) is 11.8 Å². The number of anilines is 2. The van der Waals surface area contributed by atoms with E-state index in [1.807, 2.05) is 24.3 Å². The number of methoxy groups -OCH3 is 1. The minimum Gasteiger partial charge on any atom is -0.495 e. The number of rotatable bonds is 7. The first-order chi connectivity index (χ1) is 13.6. The van der Waals surface area contributed by atoms with E-state index in [9.17, 15) is 9.59 Å². The summed E-state index contributed by atoms with van der Waals surface area (Å²) in [6.45, 7) is 1.43. The second-order valence-electron chi connectivity index (χ2n) is 5.75. The molecule has 0 radical (unpaired) electrons. The van der Waals surface area contributed by atoms with Crippen LogP contribution in [0, 0.1) is 0 Å². The SMILES string of the molecule is COc1ccccc1-n1cnnc1SCC(=O)Nc1cccc(NC(C)=O)c1. The highest BCUT2D eigenvalue weighted by Crippen LogP contribution is 2.26. The standard InChI is InChI=1S/C19H19N5O3S/c1-13(25)21-14-6-5-7-15(10-14)22-18(26)11-28-19-23-20-12-24(19)16-8-3-4-9-17(16)27-2/h3-10,12H,11H2,1-2H3,(H,21,25)(H,22,26). The molecule has 0 saturated carbocycles. The van der Waals surface area contributed by atoms with E-state index in [-0.39, 0.29) is 17.6 Å². The van der Waals surface area contributed by atoms with Gasteiger partial charge >= 0.3 is 0 Å². The Balaban J connectivity index is 1.65. The highest BCUT2D eigenvalue weighted by molar-refractivity contribution is 7.99. The average molecular weight is 397 g/mol. The number of ether oxygens (including phenoxy) is 1. The van der Waals surface area contributed by atoms with Gasteiger partial charge in [-0.2, -0.15) is 0 Å². The zero-order valence-electron chi connectivity index (χ0n) is 15.4. The number of carbonyl (C=O) groups excluding carboxylic acids is 2. The van der Waals surface area contributed by atoms with Crippen molar-refractivity contribution in [3.63, 3.8) is 0 Å². The lowest BCUT2D eigenvalue weighted by Crippen LogP contribution is -2.15. The van der Waals surface area contributed by atoms with Gasteiger partial charge in [0.15, 0.2) is 5.16 Å². The summed E-state index contributed by atoms with van der Waals surface area (Å²) in [6, 6.07) is 14.5. The molecular formula is C19H19N5O3S. The number of hydrogen-bond donors (Lipinski definition) is 2. The lowest BCUT2D eigenvalue weighted by Gasteiger charge is -2.11. The Morgan fingerprint density at radius 3 is 2.61 bits per heavy atom. The molecule has 0 unspecified atom stereocenters. The third-order valence-electron chi connectivity index (χ3n) is 3.66. The van der Waals surface area contributed by atoms with Crippen LogP contribution in [0.25, 0.3) is 5.69 Å². The Labute approximate surface area is 166 Å². The van der Waals surface area contributed by atoms with E-state index < -0.39 is 0 Å². The van der Waals surface area contributed by atoms with Gasteiger partial charge in [-0.25, -0.2) is 0 Å². The molecule has 0 fully saturated rings. The Kier molecular flexibility index (Phi) is 6.28. The lowest BCUT2D eigenvalue weighted by atomic mass is 10.2. The lowest BCUT2D eigenvalue weighted by molar-refractivity contribution is -0.114. The van der Waals surface area contributed by atoms with Gasteiger partial charge in [0.05, 0.1) is 18.6 Å². The maximum Gasteiger partial charge on any atom is 0.234 e. The number of nitrogens with one attached hydrogen (secondary N) is 2. The zero-order chi connectivity index (χ0) is 19.9. The molecule has 28 heavy (non-hydrogen) atoms. The van der Waals surface area contributed by atoms with Crippen LogP contribution in [0.1, 0.15) is 6.92 Å². The molecule has 3 aromatic rings. The van der Waals surface area contributed by atoms with Crippen LogP contribution in [0.5, 0.6) is 5.75 Å². The van der Waals surface area contributed by atoms with E-state index in [1.165, 1.54) is 18.7 Å². The second kappa shape index (κ2) is 9.05. The first-order valence-corrected chi connectivity index (χ1v) is 9.39. The van der Waals surface area contributed by atoms with Crippen molar-refractivity contribution >= 4 is 35.0 Å². The Morgan fingerprint density at radius 1 is 1.11 bits per heavy atom. The molecule has 0 aliphatic heterocycles. The maximum atomic E-state index is 12.3. The van der Waals surface area contributed by atoms with Crippen LogP contribution >= 0.6 is 11.8 Å². The van der Waals surface area contributed by atoms with Crippen molar-refractivity contribution in [2.24, 2.45) is 0 Å². The van der Waals surface area contributed by atoms with Crippen LogP contribution in [-0.4, -0.2) is 39.4 Å².